The maximum Gasteiger partial charge on any atom is 0.254 e. The number of carbonyl (C=O) groups excluding carboxylic acids is 2. The highest BCUT2D eigenvalue weighted by Crippen LogP contribution is 2.30. The second kappa shape index (κ2) is 7.88. The van der Waals surface area contributed by atoms with Crippen LogP contribution in [-0.4, -0.2) is 40.5 Å². The first-order valence-corrected chi connectivity index (χ1v) is 9.43. The molecular formula is C21H23N3O3. The van der Waals surface area contributed by atoms with Crippen molar-refractivity contribution in [2.45, 2.75) is 44.4 Å². The highest BCUT2D eigenvalue weighted by molar-refractivity contribution is 5.98. The van der Waals surface area contributed by atoms with Gasteiger partial charge in [-0.25, -0.2) is 0 Å². The number of carbonyl (C=O) groups is 2. The quantitative estimate of drug-likeness (QED) is 0.854. The molecular weight excluding hydrogens is 342 g/mol. The molecule has 1 aromatic heterocycles. The smallest absolute Gasteiger partial charge is 0.254 e. The molecule has 1 N–H and O–H groups in total. The normalized spacial score (nSPS) is 18.9. The number of pyridine rings is 1. The molecule has 1 aliphatic heterocycles. The molecule has 6 nitrogen and oxygen atoms in total. The Labute approximate surface area is 158 Å². The number of nitrogens with zero attached hydrogens (tertiary/aromatic N) is 2. The van der Waals surface area contributed by atoms with Crippen LogP contribution in [0.5, 0.6) is 0 Å². The molecule has 2 aliphatic rings. The maximum absolute atomic E-state index is 13.1. The van der Waals surface area contributed by atoms with Gasteiger partial charge in [-0.3, -0.25) is 14.6 Å². The minimum atomic E-state index is -0.391. The Bertz CT molecular complexity index is 814. The molecule has 4 rings (SSSR count). The molecule has 1 aromatic carbocycles. The molecule has 6 heteroatoms. The van der Waals surface area contributed by atoms with Crippen LogP contribution in [0.15, 0.2) is 48.8 Å². The lowest BCUT2D eigenvalue weighted by Crippen LogP contribution is -2.32. The van der Waals surface area contributed by atoms with E-state index < -0.39 is 6.10 Å². The average Bonchev–Trinajstić information content (AvgIpc) is 3.39. The molecule has 0 spiro atoms. The van der Waals surface area contributed by atoms with Crippen molar-refractivity contribution in [3.05, 3.63) is 59.9 Å². The molecule has 1 saturated heterocycles. The van der Waals surface area contributed by atoms with E-state index in [2.05, 4.69) is 10.3 Å². The van der Waals surface area contributed by atoms with E-state index in [4.69, 9.17) is 4.74 Å². The van der Waals surface area contributed by atoms with Gasteiger partial charge in [-0.2, -0.15) is 0 Å². The van der Waals surface area contributed by atoms with Crippen LogP contribution in [0.3, 0.4) is 0 Å². The summed E-state index contributed by atoms with van der Waals surface area (Å²) in [4.78, 5) is 31.4. The Balaban J connectivity index is 1.47. The van der Waals surface area contributed by atoms with Crippen LogP contribution in [0.1, 0.15) is 41.6 Å². The summed E-state index contributed by atoms with van der Waals surface area (Å²) in [5.74, 6) is -0.166. The molecule has 1 unspecified atom stereocenters. The van der Waals surface area contributed by atoms with E-state index in [9.17, 15) is 9.59 Å². The van der Waals surface area contributed by atoms with E-state index in [1.54, 1.807) is 36.7 Å². The fraction of sp³-hybridized carbons (Fsp3) is 0.381. The number of hydrogen-bond donors (Lipinski definition) is 1. The van der Waals surface area contributed by atoms with E-state index in [0.29, 0.717) is 24.4 Å². The zero-order chi connectivity index (χ0) is 18.6. The topological polar surface area (TPSA) is 71.5 Å². The summed E-state index contributed by atoms with van der Waals surface area (Å²) >= 11 is 0. The first-order valence-electron chi connectivity index (χ1n) is 9.43. The van der Waals surface area contributed by atoms with Gasteiger partial charge >= 0.3 is 0 Å². The van der Waals surface area contributed by atoms with Crippen molar-refractivity contribution in [3.8, 4) is 0 Å². The molecule has 1 saturated carbocycles. The molecule has 2 heterocycles. The molecule has 2 amide bonds. The van der Waals surface area contributed by atoms with Crippen molar-refractivity contribution in [1.82, 2.24) is 9.88 Å². The molecule has 1 aliphatic carbocycles. The van der Waals surface area contributed by atoms with Crippen molar-refractivity contribution in [2.75, 3.05) is 11.9 Å². The van der Waals surface area contributed by atoms with Crippen molar-refractivity contribution < 1.29 is 14.3 Å². The summed E-state index contributed by atoms with van der Waals surface area (Å²) in [7, 11) is 0. The second-order valence-corrected chi connectivity index (χ2v) is 7.10. The van der Waals surface area contributed by atoms with E-state index in [1.807, 2.05) is 17.0 Å². The van der Waals surface area contributed by atoms with Crippen LogP contribution >= 0.6 is 0 Å². The lowest BCUT2D eigenvalue weighted by Gasteiger charge is -2.23. The first kappa shape index (κ1) is 17.7. The van der Waals surface area contributed by atoms with Gasteiger partial charge in [0, 0.05) is 42.8 Å². The van der Waals surface area contributed by atoms with E-state index in [-0.39, 0.29) is 17.9 Å². The van der Waals surface area contributed by atoms with Crippen LogP contribution in [0.25, 0.3) is 0 Å². The fourth-order valence-corrected chi connectivity index (χ4v) is 3.34. The van der Waals surface area contributed by atoms with Gasteiger partial charge in [0.2, 0.25) is 0 Å². The number of amides is 2. The summed E-state index contributed by atoms with van der Waals surface area (Å²) in [5.41, 5.74) is 2.22. The molecule has 27 heavy (non-hydrogen) atoms. The second-order valence-electron chi connectivity index (χ2n) is 7.10. The van der Waals surface area contributed by atoms with Crippen molar-refractivity contribution in [3.63, 3.8) is 0 Å². The summed E-state index contributed by atoms with van der Waals surface area (Å²) in [6.07, 6.45) is 6.83. The highest BCUT2D eigenvalue weighted by atomic mass is 16.5. The van der Waals surface area contributed by atoms with Crippen molar-refractivity contribution in [1.29, 1.82) is 0 Å². The highest BCUT2D eigenvalue weighted by Gasteiger charge is 2.33. The number of hydrogen-bond acceptors (Lipinski definition) is 4. The van der Waals surface area contributed by atoms with Gasteiger partial charge in [-0.15, -0.1) is 0 Å². The van der Waals surface area contributed by atoms with Gasteiger partial charge in [0.05, 0.1) is 0 Å². The Kier molecular flexibility index (Phi) is 5.16. The van der Waals surface area contributed by atoms with Crippen molar-refractivity contribution in [2.24, 2.45) is 0 Å². The number of ether oxygens (including phenoxy) is 1. The third kappa shape index (κ3) is 4.34. The third-order valence-electron chi connectivity index (χ3n) is 4.92. The van der Waals surface area contributed by atoms with Crippen LogP contribution < -0.4 is 5.32 Å². The van der Waals surface area contributed by atoms with Crippen LogP contribution in [0.4, 0.5) is 5.69 Å². The Morgan fingerprint density at radius 2 is 2.07 bits per heavy atom. The van der Waals surface area contributed by atoms with Gasteiger partial charge < -0.3 is 15.0 Å². The van der Waals surface area contributed by atoms with E-state index >= 15 is 0 Å². The fourth-order valence-electron chi connectivity index (χ4n) is 3.34. The SMILES string of the molecule is O=C(Nc1cccc(C(=O)N(Cc2cccnc2)C2CC2)c1)C1CCCO1. The summed E-state index contributed by atoms with van der Waals surface area (Å²) in [6.45, 7) is 1.17. The third-order valence-corrected chi connectivity index (χ3v) is 4.92. The van der Waals surface area contributed by atoms with E-state index in [0.717, 1.165) is 31.2 Å². The average molecular weight is 365 g/mol. The minimum Gasteiger partial charge on any atom is -0.368 e. The molecule has 0 bridgehead atoms. The molecule has 140 valence electrons. The van der Waals surface area contributed by atoms with Gasteiger partial charge in [-0.05, 0) is 55.5 Å². The summed E-state index contributed by atoms with van der Waals surface area (Å²) in [5, 5.41) is 2.87. The van der Waals surface area contributed by atoms with Gasteiger partial charge in [0.15, 0.2) is 0 Å². The number of benzene rings is 1. The maximum atomic E-state index is 13.1. The van der Waals surface area contributed by atoms with Gasteiger partial charge in [0.25, 0.3) is 11.8 Å². The number of anilines is 1. The van der Waals surface area contributed by atoms with Crippen molar-refractivity contribution >= 4 is 17.5 Å². The molecule has 2 aromatic rings. The lowest BCUT2D eigenvalue weighted by atomic mass is 10.1. The Morgan fingerprint density at radius 1 is 1.19 bits per heavy atom. The summed E-state index contributed by atoms with van der Waals surface area (Å²) < 4.78 is 5.42. The molecule has 2 fully saturated rings. The Hall–Kier alpha value is -2.73. The molecule has 1 atom stereocenters. The van der Waals surface area contributed by atoms with Crippen LogP contribution in [0, 0.1) is 0 Å². The Morgan fingerprint density at radius 3 is 2.78 bits per heavy atom. The monoisotopic (exact) mass is 365 g/mol. The number of aromatic nitrogens is 1. The first-order chi connectivity index (χ1) is 13.2. The largest absolute Gasteiger partial charge is 0.368 e. The number of nitrogens with one attached hydrogen (secondary N) is 1. The standard InChI is InChI=1S/C21H23N3O3/c25-20(19-7-3-11-27-19)23-17-6-1-5-16(12-17)21(26)24(18-8-9-18)14-15-4-2-10-22-13-15/h1-2,4-6,10,12-13,18-19H,3,7-9,11,14H2,(H,23,25). The predicted octanol–water partition coefficient (Wildman–Crippen LogP) is 3.00. The van der Waals surface area contributed by atoms with Gasteiger partial charge in [-0.1, -0.05) is 12.1 Å². The van der Waals surface area contributed by atoms with Gasteiger partial charge in [0.1, 0.15) is 6.10 Å². The van der Waals surface area contributed by atoms with E-state index in [1.165, 1.54) is 0 Å². The minimum absolute atomic E-state index is 0.0189. The predicted molar refractivity (Wildman–Crippen MR) is 101 cm³/mol. The zero-order valence-electron chi connectivity index (χ0n) is 15.1. The zero-order valence-corrected chi connectivity index (χ0v) is 15.1. The van der Waals surface area contributed by atoms with Crippen LogP contribution in [-0.2, 0) is 16.1 Å². The summed E-state index contributed by atoms with van der Waals surface area (Å²) in [6, 6.07) is 11.3. The van der Waals surface area contributed by atoms with Crippen LogP contribution in [0.2, 0.25) is 0 Å². The number of rotatable bonds is 6. The lowest BCUT2D eigenvalue weighted by molar-refractivity contribution is -0.124. The molecule has 0 radical (unpaired) electrons.